The van der Waals surface area contributed by atoms with Gasteiger partial charge in [-0.25, -0.2) is 8.42 Å². The van der Waals surface area contributed by atoms with Crippen molar-refractivity contribution >= 4 is 49.9 Å². The van der Waals surface area contributed by atoms with Crippen molar-refractivity contribution in [2.75, 3.05) is 29.5 Å². The maximum atomic E-state index is 12.1. The minimum Gasteiger partial charge on any atom is -0.497 e. The molecule has 8 heteroatoms. The summed E-state index contributed by atoms with van der Waals surface area (Å²) in [6.07, 6.45) is 1.80. The third-order valence-corrected chi connectivity index (χ3v) is 5.57. The van der Waals surface area contributed by atoms with Crippen LogP contribution in [0.25, 0.3) is 0 Å². The van der Waals surface area contributed by atoms with E-state index in [2.05, 4.69) is 27.9 Å². The van der Waals surface area contributed by atoms with Crippen LogP contribution in [0.4, 0.5) is 11.4 Å². The van der Waals surface area contributed by atoms with Gasteiger partial charge in [-0.1, -0.05) is 0 Å². The lowest BCUT2D eigenvalue weighted by molar-refractivity contribution is -0.116. The molecule has 0 atom stereocenters. The van der Waals surface area contributed by atoms with Crippen LogP contribution in [0.1, 0.15) is 12.8 Å². The largest absolute Gasteiger partial charge is 0.497 e. The fourth-order valence-electron chi connectivity index (χ4n) is 2.37. The molecule has 0 fully saturated rings. The maximum Gasteiger partial charge on any atom is 0.232 e. The Morgan fingerprint density at radius 3 is 2.27 bits per heavy atom. The number of hydrogen-bond acceptors (Lipinski definition) is 4. The van der Waals surface area contributed by atoms with E-state index in [4.69, 9.17) is 4.74 Å². The first-order valence-corrected chi connectivity index (χ1v) is 10.9. The number of methoxy groups -OCH3 is 1. The molecule has 0 aliphatic rings. The molecule has 0 aliphatic heterocycles. The minimum atomic E-state index is -3.44. The second kappa shape index (κ2) is 9.22. The second-order valence-corrected chi connectivity index (χ2v) is 8.84. The fourth-order valence-corrected chi connectivity index (χ4v) is 3.70. The second-order valence-electron chi connectivity index (χ2n) is 5.69. The van der Waals surface area contributed by atoms with Crippen LogP contribution in [0.2, 0.25) is 0 Å². The lowest BCUT2D eigenvalue weighted by Crippen LogP contribution is -2.31. The molecular weight excluding hydrogens is 467 g/mol. The van der Waals surface area contributed by atoms with Gasteiger partial charge in [-0.2, -0.15) is 0 Å². The van der Waals surface area contributed by atoms with Gasteiger partial charge in [0.1, 0.15) is 5.75 Å². The van der Waals surface area contributed by atoms with Crippen LogP contribution in [0.5, 0.6) is 5.75 Å². The number of nitrogens with zero attached hydrogens (tertiary/aromatic N) is 1. The van der Waals surface area contributed by atoms with Crippen molar-refractivity contribution in [2.24, 2.45) is 0 Å². The molecule has 140 valence electrons. The molecule has 2 aromatic rings. The summed E-state index contributed by atoms with van der Waals surface area (Å²) in [5.41, 5.74) is 1.27. The monoisotopic (exact) mass is 488 g/mol. The predicted octanol–water partition coefficient (Wildman–Crippen LogP) is 3.48. The highest BCUT2D eigenvalue weighted by Gasteiger charge is 2.17. The van der Waals surface area contributed by atoms with Gasteiger partial charge in [-0.15, -0.1) is 0 Å². The third-order valence-electron chi connectivity index (χ3n) is 3.65. The van der Waals surface area contributed by atoms with E-state index in [-0.39, 0.29) is 18.9 Å². The molecule has 26 heavy (non-hydrogen) atoms. The van der Waals surface area contributed by atoms with E-state index in [1.807, 2.05) is 24.3 Å². The van der Waals surface area contributed by atoms with Crippen LogP contribution in [-0.4, -0.2) is 34.2 Å². The normalized spacial score (nSPS) is 11.0. The van der Waals surface area contributed by atoms with Gasteiger partial charge >= 0.3 is 0 Å². The summed E-state index contributed by atoms with van der Waals surface area (Å²) >= 11 is 2.19. The first kappa shape index (κ1) is 20.5. The molecule has 2 aromatic carbocycles. The summed E-state index contributed by atoms with van der Waals surface area (Å²) in [5.74, 6) is 0.508. The van der Waals surface area contributed by atoms with E-state index < -0.39 is 10.0 Å². The molecule has 1 amide bonds. The van der Waals surface area contributed by atoms with E-state index in [9.17, 15) is 13.2 Å². The number of carbonyl (C=O) groups excluding carboxylic acids is 1. The number of halogens is 1. The van der Waals surface area contributed by atoms with E-state index in [0.717, 1.165) is 15.5 Å². The van der Waals surface area contributed by atoms with Crippen molar-refractivity contribution < 1.29 is 17.9 Å². The summed E-state index contributed by atoms with van der Waals surface area (Å²) in [6, 6.07) is 14.3. The first-order valence-electron chi connectivity index (χ1n) is 7.97. The summed E-state index contributed by atoms with van der Waals surface area (Å²) < 4.78 is 31.6. The van der Waals surface area contributed by atoms with Crippen LogP contribution in [0.3, 0.4) is 0 Å². The van der Waals surface area contributed by atoms with Crippen molar-refractivity contribution in [3.05, 3.63) is 52.1 Å². The fraction of sp³-hybridized carbons (Fsp3) is 0.278. The number of anilines is 2. The number of carbonyl (C=O) groups is 1. The quantitative estimate of drug-likeness (QED) is 0.578. The SMILES string of the molecule is COc1ccc(N(CCCC(=O)Nc2ccc(I)cc2)S(C)(=O)=O)cc1. The lowest BCUT2D eigenvalue weighted by Gasteiger charge is -2.22. The molecule has 0 spiro atoms. The lowest BCUT2D eigenvalue weighted by atomic mass is 10.2. The maximum absolute atomic E-state index is 12.1. The number of nitrogens with one attached hydrogen (secondary N) is 1. The Labute approximate surface area is 167 Å². The average Bonchev–Trinajstić information content (AvgIpc) is 2.60. The molecule has 0 aliphatic carbocycles. The Morgan fingerprint density at radius 2 is 1.73 bits per heavy atom. The Balaban J connectivity index is 1.94. The molecule has 0 radical (unpaired) electrons. The van der Waals surface area contributed by atoms with E-state index in [1.54, 1.807) is 31.4 Å². The van der Waals surface area contributed by atoms with Gasteiger partial charge in [0.25, 0.3) is 0 Å². The van der Waals surface area contributed by atoms with Gasteiger partial charge in [0, 0.05) is 22.2 Å². The van der Waals surface area contributed by atoms with Crippen molar-refractivity contribution in [1.82, 2.24) is 0 Å². The van der Waals surface area contributed by atoms with Gasteiger partial charge < -0.3 is 10.1 Å². The minimum absolute atomic E-state index is 0.144. The Morgan fingerprint density at radius 1 is 1.12 bits per heavy atom. The molecule has 0 unspecified atom stereocenters. The van der Waals surface area contributed by atoms with Crippen LogP contribution in [0, 0.1) is 3.57 Å². The summed E-state index contributed by atoms with van der Waals surface area (Å²) in [7, 11) is -1.89. The zero-order valence-corrected chi connectivity index (χ0v) is 17.6. The van der Waals surface area contributed by atoms with Gasteiger partial charge in [-0.3, -0.25) is 9.10 Å². The van der Waals surface area contributed by atoms with Crippen molar-refractivity contribution in [2.45, 2.75) is 12.8 Å². The molecule has 6 nitrogen and oxygen atoms in total. The molecule has 1 N–H and O–H groups in total. The van der Waals surface area contributed by atoms with E-state index >= 15 is 0 Å². The van der Waals surface area contributed by atoms with Gasteiger partial charge in [0.05, 0.1) is 19.1 Å². The van der Waals surface area contributed by atoms with Crippen molar-refractivity contribution in [3.8, 4) is 5.75 Å². The molecular formula is C18H21IN2O4S. The molecule has 0 aromatic heterocycles. The highest BCUT2D eigenvalue weighted by molar-refractivity contribution is 14.1. The standard InChI is InChI=1S/C18H21IN2O4S/c1-25-17-11-9-16(10-12-17)21(26(2,23)24)13-3-4-18(22)20-15-7-5-14(19)6-8-15/h5-12H,3-4,13H2,1-2H3,(H,20,22). The van der Waals surface area contributed by atoms with Crippen LogP contribution in [-0.2, 0) is 14.8 Å². The number of ether oxygens (including phenoxy) is 1. The highest BCUT2D eigenvalue weighted by Crippen LogP contribution is 2.22. The number of hydrogen-bond donors (Lipinski definition) is 1. The highest BCUT2D eigenvalue weighted by atomic mass is 127. The van der Waals surface area contributed by atoms with Crippen LogP contribution < -0.4 is 14.4 Å². The zero-order valence-electron chi connectivity index (χ0n) is 14.6. The summed E-state index contributed by atoms with van der Waals surface area (Å²) in [6.45, 7) is 0.227. The van der Waals surface area contributed by atoms with Crippen molar-refractivity contribution in [3.63, 3.8) is 0 Å². The van der Waals surface area contributed by atoms with Crippen LogP contribution >= 0.6 is 22.6 Å². The first-order chi connectivity index (χ1) is 12.3. The Kier molecular flexibility index (Phi) is 7.27. The predicted molar refractivity (Wildman–Crippen MR) is 112 cm³/mol. The molecule has 0 heterocycles. The van der Waals surface area contributed by atoms with Gasteiger partial charge in [-0.05, 0) is 77.5 Å². The Bertz CT molecular complexity index is 836. The van der Waals surface area contributed by atoms with Gasteiger partial charge in [0.2, 0.25) is 15.9 Å². The van der Waals surface area contributed by atoms with Gasteiger partial charge in [0.15, 0.2) is 0 Å². The Hall–Kier alpha value is -1.81. The number of sulfonamides is 1. The van der Waals surface area contributed by atoms with E-state index in [0.29, 0.717) is 17.9 Å². The summed E-state index contributed by atoms with van der Waals surface area (Å²) in [4.78, 5) is 12.1. The number of rotatable bonds is 8. The molecule has 0 saturated heterocycles. The number of amides is 1. The topological polar surface area (TPSA) is 75.7 Å². The smallest absolute Gasteiger partial charge is 0.232 e. The van der Waals surface area contributed by atoms with E-state index in [1.165, 1.54) is 4.31 Å². The number of benzene rings is 2. The summed E-state index contributed by atoms with van der Waals surface area (Å²) in [5, 5.41) is 2.81. The van der Waals surface area contributed by atoms with Crippen molar-refractivity contribution in [1.29, 1.82) is 0 Å². The molecule has 0 bridgehead atoms. The molecule has 0 saturated carbocycles. The molecule has 2 rings (SSSR count). The average molecular weight is 488 g/mol. The third kappa shape index (κ3) is 6.17. The zero-order chi connectivity index (χ0) is 19.2. The van der Waals surface area contributed by atoms with Crippen LogP contribution in [0.15, 0.2) is 48.5 Å².